The molecule has 1 aromatic heterocycles. The van der Waals surface area contributed by atoms with Crippen LogP contribution in [-0.2, 0) is 4.79 Å². The van der Waals surface area contributed by atoms with Crippen molar-refractivity contribution in [3.8, 4) is 0 Å². The Balaban J connectivity index is 1.49. The highest BCUT2D eigenvalue weighted by atomic mass is 35.5. The molecule has 26 heavy (non-hydrogen) atoms. The van der Waals surface area contributed by atoms with Gasteiger partial charge in [0.15, 0.2) is 0 Å². The van der Waals surface area contributed by atoms with E-state index in [0.29, 0.717) is 16.4 Å². The van der Waals surface area contributed by atoms with E-state index in [-0.39, 0.29) is 30.8 Å². The number of para-hydroxylation sites is 2. The lowest BCUT2D eigenvalue weighted by Crippen LogP contribution is -2.32. The zero-order valence-corrected chi connectivity index (χ0v) is 15.0. The summed E-state index contributed by atoms with van der Waals surface area (Å²) in [5, 5.41) is 5.95. The third kappa shape index (κ3) is 4.21. The van der Waals surface area contributed by atoms with Gasteiger partial charge in [0.1, 0.15) is 5.82 Å². The molecule has 0 radical (unpaired) electrons. The molecule has 3 rings (SSSR count). The van der Waals surface area contributed by atoms with Gasteiger partial charge < -0.3 is 15.6 Å². The normalized spacial score (nSPS) is 11.9. The van der Waals surface area contributed by atoms with Gasteiger partial charge in [0.05, 0.1) is 27.7 Å². The Bertz CT molecular complexity index is 905. The summed E-state index contributed by atoms with van der Waals surface area (Å²) in [5.41, 5.74) is 2.18. The predicted molar refractivity (Wildman–Crippen MR) is 101 cm³/mol. The smallest absolute Gasteiger partial charge is 0.252 e. The molecule has 0 saturated carbocycles. The van der Waals surface area contributed by atoms with Crippen LogP contribution in [0.4, 0.5) is 0 Å². The SMILES string of the molecule is CC(NC(=O)CCNC(=O)c1ccccc1Cl)c1nc2ccccc2[nH]1. The average molecular weight is 371 g/mol. The van der Waals surface area contributed by atoms with Crippen LogP contribution < -0.4 is 10.6 Å². The third-order valence-corrected chi connectivity index (χ3v) is 4.28. The highest BCUT2D eigenvalue weighted by molar-refractivity contribution is 6.33. The molecule has 0 aliphatic heterocycles. The fourth-order valence-corrected chi connectivity index (χ4v) is 2.81. The summed E-state index contributed by atoms with van der Waals surface area (Å²) >= 11 is 5.98. The van der Waals surface area contributed by atoms with Crippen molar-refractivity contribution in [3.63, 3.8) is 0 Å². The molecule has 0 saturated heterocycles. The maximum Gasteiger partial charge on any atom is 0.252 e. The molecule has 0 fully saturated rings. The van der Waals surface area contributed by atoms with Crippen LogP contribution in [0.1, 0.15) is 35.6 Å². The van der Waals surface area contributed by atoms with Gasteiger partial charge in [-0.1, -0.05) is 35.9 Å². The molecule has 3 aromatic rings. The number of nitrogens with zero attached hydrogens (tertiary/aromatic N) is 1. The van der Waals surface area contributed by atoms with Crippen LogP contribution >= 0.6 is 11.6 Å². The number of carbonyl (C=O) groups excluding carboxylic acids is 2. The minimum Gasteiger partial charge on any atom is -0.351 e. The van der Waals surface area contributed by atoms with Crippen molar-refractivity contribution in [1.29, 1.82) is 0 Å². The largest absolute Gasteiger partial charge is 0.351 e. The number of hydrogen-bond donors (Lipinski definition) is 3. The summed E-state index contributed by atoms with van der Waals surface area (Å²) in [5.74, 6) is 0.228. The van der Waals surface area contributed by atoms with E-state index in [4.69, 9.17) is 11.6 Å². The molecule has 3 N–H and O–H groups in total. The molecule has 0 aliphatic carbocycles. The molecule has 0 aliphatic rings. The van der Waals surface area contributed by atoms with Crippen molar-refractivity contribution < 1.29 is 9.59 Å². The van der Waals surface area contributed by atoms with Gasteiger partial charge >= 0.3 is 0 Å². The van der Waals surface area contributed by atoms with Crippen LogP contribution in [-0.4, -0.2) is 28.3 Å². The van der Waals surface area contributed by atoms with E-state index < -0.39 is 0 Å². The number of imidazole rings is 1. The number of hydrogen-bond acceptors (Lipinski definition) is 3. The molecule has 6 nitrogen and oxygen atoms in total. The Kier molecular flexibility index (Phi) is 5.53. The molecular weight excluding hydrogens is 352 g/mol. The standard InChI is InChI=1S/C19H19ClN4O2/c1-12(18-23-15-8-4-5-9-16(15)24-18)22-17(25)10-11-21-19(26)13-6-2-3-7-14(13)20/h2-9,12H,10-11H2,1H3,(H,21,26)(H,22,25)(H,23,24). The zero-order chi connectivity index (χ0) is 18.5. The van der Waals surface area contributed by atoms with Crippen LogP contribution in [0.3, 0.4) is 0 Å². The summed E-state index contributed by atoms with van der Waals surface area (Å²) in [6.45, 7) is 2.08. The number of halogens is 1. The Morgan fingerprint density at radius 2 is 1.88 bits per heavy atom. The quantitative estimate of drug-likeness (QED) is 0.622. The van der Waals surface area contributed by atoms with Crippen LogP contribution in [0.15, 0.2) is 48.5 Å². The lowest BCUT2D eigenvalue weighted by molar-refractivity contribution is -0.121. The molecule has 7 heteroatoms. The first-order chi connectivity index (χ1) is 12.5. The highest BCUT2D eigenvalue weighted by Gasteiger charge is 2.14. The van der Waals surface area contributed by atoms with Crippen molar-refractivity contribution in [2.24, 2.45) is 0 Å². The second-order valence-corrected chi connectivity index (χ2v) is 6.32. The van der Waals surface area contributed by atoms with Gasteiger partial charge in [-0.3, -0.25) is 9.59 Å². The molecular formula is C19H19ClN4O2. The first kappa shape index (κ1) is 17.9. The van der Waals surface area contributed by atoms with Crippen molar-refractivity contribution in [3.05, 3.63) is 64.9 Å². The maximum atomic E-state index is 12.1. The van der Waals surface area contributed by atoms with Crippen LogP contribution in [0, 0.1) is 0 Å². The van der Waals surface area contributed by atoms with Crippen LogP contribution in [0.25, 0.3) is 11.0 Å². The van der Waals surface area contributed by atoms with Crippen molar-refractivity contribution in [2.45, 2.75) is 19.4 Å². The number of nitrogens with one attached hydrogen (secondary N) is 3. The summed E-state index contributed by atoms with van der Waals surface area (Å²) in [6, 6.07) is 14.2. The van der Waals surface area contributed by atoms with E-state index in [9.17, 15) is 9.59 Å². The van der Waals surface area contributed by atoms with E-state index in [1.807, 2.05) is 31.2 Å². The van der Waals surface area contributed by atoms with Crippen molar-refractivity contribution in [1.82, 2.24) is 20.6 Å². The van der Waals surface area contributed by atoms with Gasteiger partial charge in [-0.25, -0.2) is 4.98 Å². The zero-order valence-electron chi connectivity index (χ0n) is 14.3. The van der Waals surface area contributed by atoms with E-state index in [1.54, 1.807) is 24.3 Å². The van der Waals surface area contributed by atoms with Crippen molar-refractivity contribution in [2.75, 3.05) is 6.54 Å². The number of carbonyl (C=O) groups is 2. The number of aromatic amines is 1. The molecule has 2 aromatic carbocycles. The van der Waals surface area contributed by atoms with E-state index in [1.165, 1.54) is 0 Å². The molecule has 0 spiro atoms. The molecule has 1 unspecified atom stereocenters. The van der Waals surface area contributed by atoms with Gasteiger partial charge in [0.25, 0.3) is 5.91 Å². The van der Waals surface area contributed by atoms with Crippen LogP contribution in [0.2, 0.25) is 5.02 Å². The summed E-state index contributed by atoms with van der Waals surface area (Å²) in [6.07, 6.45) is 0.167. The second kappa shape index (κ2) is 8.01. The fraction of sp³-hybridized carbons (Fsp3) is 0.211. The number of fused-ring (bicyclic) bond motifs is 1. The Morgan fingerprint density at radius 1 is 1.15 bits per heavy atom. The summed E-state index contributed by atoms with van der Waals surface area (Å²) in [4.78, 5) is 31.8. The minimum absolute atomic E-state index is 0.167. The number of rotatable bonds is 6. The van der Waals surface area contributed by atoms with Gasteiger partial charge in [0.2, 0.25) is 5.91 Å². The third-order valence-electron chi connectivity index (χ3n) is 3.95. The molecule has 2 amide bonds. The van der Waals surface area contributed by atoms with Gasteiger partial charge in [0, 0.05) is 13.0 Å². The lowest BCUT2D eigenvalue weighted by atomic mass is 10.2. The first-order valence-electron chi connectivity index (χ1n) is 8.31. The topological polar surface area (TPSA) is 86.9 Å². The molecule has 1 heterocycles. The lowest BCUT2D eigenvalue weighted by Gasteiger charge is -2.12. The van der Waals surface area contributed by atoms with Gasteiger partial charge in [-0.2, -0.15) is 0 Å². The van der Waals surface area contributed by atoms with Crippen LogP contribution in [0.5, 0.6) is 0 Å². The Morgan fingerprint density at radius 3 is 2.65 bits per heavy atom. The van der Waals surface area contributed by atoms with Gasteiger partial charge in [-0.05, 0) is 31.2 Å². The van der Waals surface area contributed by atoms with Gasteiger partial charge in [-0.15, -0.1) is 0 Å². The Labute approximate surface area is 156 Å². The molecule has 134 valence electrons. The minimum atomic E-state index is -0.297. The number of H-pyrrole nitrogens is 1. The number of amides is 2. The highest BCUT2D eigenvalue weighted by Crippen LogP contribution is 2.16. The summed E-state index contributed by atoms with van der Waals surface area (Å²) in [7, 11) is 0. The second-order valence-electron chi connectivity index (χ2n) is 5.91. The summed E-state index contributed by atoms with van der Waals surface area (Å²) < 4.78 is 0. The molecule has 1 atom stereocenters. The number of benzene rings is 2. The molecule has 0 bridgehead atoms. The van der Waals surface area contributed by atoms with E-state index >= 15 is 0 Å². The first-order valence-corrected chi connectivity index (χ1v) is 8.69. The van der Waals surface area contributed by atoms with Crippen molar-refractivity contribution >= 4 is 34.4 Å². The average Bonchev–Trinajstić information content (AvgIpc) is 3.06. The number of aromatic nitrogens is 2. The Hall–Kier alpha value is -2.86. The monoisotopic (exact) mass is 370 g/mol. The fourth-order valence-electron chi connectivity index (χ4n) is 2.59. The van der Waals surface area contributed by atoms with E-state index in [0.717, 1.165) is 11.0 Å². The maximum absolute atomic E-state index is 12.1. The predicted octanol–water partition coefficient (Wildman–Crippen LogP) is 3.21. The van der Waals surface area contributed by atoms with E-state index in [2.05, 4.69) is 20.6 Å².